The largest absolute Gasteiger partial charge is 0.456 e. The molecule has 0 N–H and O–H groups in total. The zero-order chi connectivity index (χ0) is 42.6. The van der Waals surface area contributed by atoms with Gasteiger partial charge in [0.05, 0.1) is 0 Å². The number of benzene rings is 11. The molecule has 12 aromatic carbocycles. The Kier molecular flexibility index (Phi) is 7.65. The van der Waals surface area contributed by atoms with Crippen LogP contribution < -0.4 is 0 Å². The van der Waals surface area contributed by atoms with Crippen molar-refractivity contribution in [2.24, 2.45) is 0 Å². The van der Waals surface area contributed by atoms with Crippen LogP contribution >= 0.6 is 0 Å². The van der Waals surface area contributed by atoms with Gasteiger partial charge in [-0.25, -0.2) is 15.0 Å². The van der Waals surface area contributed by atoms with Crippen LogP contribution in [0.2, 0.25) is 0 Å². The summed E-state index contributed by atoms with van der Waals surface area (Å²) in [5.41, 5.74) is 8.93. The van der Waals surface area contributed by atoms with E-state index in [0.29, 0.717) is 17.5 Å². The second kappa shape index (κ2) is 13.9. The summed E-state index contributed by atoms with van der Waals surface area (Å²) >= 11 is 0. The molecule has 0 saturated heterocycles. The molecule has 0 atom stereocenters. The summed E-state index contributed by atoms with van der Waals surface area (Å²) in [6.07, 6.45) is 0. The van der Waals surface area contributed by atoms with Crippen molar-refractivity contribution < 1.29 is 4.42 Å². The van der Waals surface area contributed by atoms with E-state index in [4.69, 9.17) is 19.4 Å². The first-order valence-corrected chi connectivity index (χ1v) is 22.1. The Bertz CT molecular complexity index is 4220. The molecule has 2 aromatic heterocycles. The second-order valence-electron chi connectivity index (χ2n) is 17.1. The van der Waals surface area contributed by atoms with Gasteiger partial charge in [-0.3, -0.25) is 0 Å². The summed E-state index contributed by atoms with van der Waals surface area (Å²) < 4.78 is 6.27. The number of hydrogen-bond donors (Lipinski definition) is 0. The third-order valence-corrected chi connectivity index (χ3v) is 13.4. The Morgan fingerprint density at radius 1 is 0.246 bits per heavy atom. The maximum atomic E-state index is 6.27. The predicted octanol–water partition coefficient (Wildman–Crippen LogP) is 16.5. The second-order valence-corrected chi connectivity index (χ2v) is 17.1. The van der Waals surface area contributed by atoms with Crippen LogP contribution in [0.5, 0.6) is 0 Å². The maximum Gasteiger partial charge on any atom is 0.164 e. The molecule has 0 unspecified atom stereocenters. The van der Waals surface area contributed by atoms with Crippen molar-refractivity contribution in [1.82, 2.24) is 15.0 Å². The summed E-state index contributed by atoms with van der Waals surface area (Å²) in [6, 6.07) is 76.1. The molecule has 300 valence electrons. The number of para-hydroxylation sites is 1. The van der Waals surface area contributed by atoms with E-state index in [0.717, 1.165) is 49.8 Å². The minimum atomic E-state index is 0.600. The standard InChI is InChI=1S/C61H35N3O/c1-2-11-41(12-3-1)59-62-60(64-61(63-59)50-22-10-24-53-58(50)49-18-4-5-23-52(49)65-53)44-17-6-16-42(33-44)36-25-27-37(28-26-36)45-34-43-32-31-40-14-8-20-47-46-19-7-13-38-29-30-39-15-9-21-48(56(39)54(38)46)51(35-45)57(43)55(40)47/h1-35H. The van der Waals surface area contributed by atoms with Crippen LogP contribution in [0.1, 0.15) is 0 Å². The predicted molar refractivity (Wildman–Crippen MR) is 271 cm³/mol. The molecule has 0 amide bonds. The van der Waals surface area contributed by atoms with Crippen molar-refractivity contribution in [2.45, 2.75) is 0 Å². The lowest BCUT2D eigenvalue weighted by Crippen LogP contribution is -2.00. The highest BCUT2D eigenvalue weighted by atomic mass is 16.3. The van der Waals surface area contributed by atoms with Gasteiger partial charge in [0.15, 0.2) is 17.5 Å². The summed E-state index contributed by atoms with van der Waals surface area (Å²) in [4.78, 5) is 15.3. The van der Waals surface area contributed by atoms with E-state index in [1.807, 2.05) is 60.7 Å². The molecule has 14 aromatic rings. The maximum absolute atomic E-state index is 6.27. The Morgan fingerprint density at radius 2 is 0.738 bits per heavy atom. The molecule has 0 aliphatic heterocycles. The molecule has 0 spiro atoms. The van der Waals surface area contributed by atoms with E-state index in [-0.39, 0.29) is 0 Å². The molecule has 4 heteroatoms. The van der Waals surface area contributed by atoms with Crippen molar-refractivity contribution in [3.63, 3.8) is 0 Å². The lowest BCUT2D eigenvalue weighted by atomic mass is 9.86. The normalized spacial score (nSPS) is 12.0. The van der Waals surface area contributed by atoms with Gasteiger partial charge in [-0.1, -0.05) is 182 Å². The number of nitrogens with zero attached hydrogens (tertiary/aromatic N) is 3. The molecule has 0 fully saturated rings. The van der Waals surface area contributed by atoms with Crippen LogP contribution in [-0.4, -0.2) is 15.0 Å². The van der Waals surface area contributed by atoms with E-state index >= 15 is 0 Å². The molecule has 65 heavy (non-hydrogen) atoms. The highest BCUT2D eigenvalue weighted by molar-refractivity contribution is 6.37. The summed E-state index contributed by atoms with van der Waals surface area (Å²) in [7, 11) is 0. The van der Waals surface area contributed by atoms with Gasteiger partial charge in [0.25, 0.3) is 0 Å². The summed E-state index contributed by atoms with van der Waals surface area (Å²) in [5.74, 6) is 1.83. The lowest BCUT2D eigenvalue weighted by molar-refractivity contribution is 0.669. The topological polar surface area (TPSA) is 51.8 Å². The lowest BCUT2D eigenvalue weighted by Gasteiger charge is -2.17. The van der Waals surface area contributed by atoms with Crippen LogP contribution in [-0.2, 0) is 0 Å². The van der Waals surface area contributed by atoms with Crippen molar-refractivity contribution in [2.75, 3.05) is 0 Å². The number of hydrogen-bond acceptors (Lipinski definition) is 4. The molecular formula is C61H35N3O. The zero-order valence-corrected chi connectivity index (χ0v) is 35.0. The molecule has 4 nitrogen and oxygen atoms in total. The van der Waals surface area contributed by atoms with Crippen molar-refractivity contribution >= 4 is 86.6 Å². The van der Waals surface area contributed by atoms with Gasteiger partial charge in [0.1, 0.15) is 11.2 Å². The van der Waals surface area contributed by atoms with Gasteiger partial charge in [0, 0.05) is 27.5 Å². The van der Waals surface area contributed by atoms with E-state index in [1.165, 1.54) is 75.8 Å². The molecule has 0 bridgehead atoms. The molecule has 0 aliphatic rings. The highest BCUT2D eigenvalue weighted by Crippen LogP contribution is 2.45. The monoisotopic (exact) mass is 825 g/mol. The third kappa shape index (κ3) is 5.54. The number of fused-ring (bicyclic) bond motifs is 5. The van der Waals surface area contributed by atoms with Gasteiger partial charge in [0.2, 0.25) is 0 Å². The van der Waals surface area contributed by atoms with Gasteiger partial charge < -0.3 is 4.42 Å². The summed E-state index contributed by atoms with van der Waals surface area (Å²) in [6.45, 7) is 0. The zero-order valence-electron chi connectivity index (χ0n) is 35.0. The first-order valence-electron chi connectivity index (χ1n) is 22.1. The van der Waals surface area contributed by atoms with Gasteiger partial charge in [-0.2, -0.15) is 0 Å². The van der Waals surface area contributed by atoms with Gasteiger partial charge in [-0.15, -0.1) is 0 Å². The summed E-state index contributed by atoms with van der Waals surface area (Å²) in [5, 5.41) is 17.4. The van der Waals surface area contributed by atoms with Crippen molar-refractivity contribution in [1.29, 1.82) is 0 Å². The fourth-order valence-corrected chi connectivity index (χ4v) is 10.4. The Labute approximate surface area is 373 Å². The van der Waals surface area contributed by atoms with Gasteiger partial charge in [-0.05, 0) is 117 Å². The number of furan rings is 1. The Balaban J connectivity index is 0.906. The first-order chi connectivity index (χ1) is 32.2. The fraction of sp³-hybridized carbons (Fsp3) is 0. The highest BCUT2D eigenvalue weighted by Gasteiger charge is 2.19. The van der Waals surface area contributed by atoms with Crippen molar-refractivity contribution in [3.8, 4) is 56.4 Å². The molecule has 0 saturated carbocycles. The third-order valence-electron chi connectivity index (χ3n) is 13.4. The van der Waals surface area contributed by atoms with Crippen LogP contribution in [0.25, 0.3) is 143 Å². The van der Waals surface area contributed by atoms with Crippen LogP contribution in [0, 0.1) is 0 Å². The quantitative estimate of drug-likeness (QED) is 0.162. The molecule has 0 aliphatic carbocycles. The molecule has 2 heterocycles. The van der Waals surface area contributed by atoms with Crippen LogP contribution in [0.15, 0.2) is 217 Å². The van der Waals surface area contributed by atoms with Crippen molar-refractivity contribution in [3.05, 3.63) is 212 Å². The Hall–Kier alpha value is -8.73. The van der Waals surface area contributed by atoms with E-state index < -0.39 is 0 Å². The molecule has 0 radical (unpaired) electrons. The first kappa shape index (κ1) is 35.8. The van der Waals surface area contributed by atoms with E-state index in [2.05, 4.69) is 152 Å². The smallest absolute Gasteiger partial charge is 0.164 e. The van der Waals surface area contributed by atoms with Gasteiger partial charge >= 0.3 is 0 Å². The molecular weight excluding hydrogens is 791 g/mol. The minimum Gasteiger partial charge on any atom is -0.456 e. The molecule has 14 rings (SSSR count). The number of aromatic nitrogens is 3. The minimum absolute atomic E-state index is 0.600. The Morgan fingerprint density at radius 3 is 1.45 bits per heavy atom. The number of rotatable bonds is 5. The average molecular weight is 826 g/mol. The SMILES string of the molecule is c1ccc(-c2nc(-c3cccc(-c4ccc(-c5cc6ccc7cccc8c9cccc%10ccc%11cccc(c(c5)c6c78)c%11c%109)cc4)c3)nc(-c3cccc4oc5ccccc5c34)n2)cc1. The van der Waals surface area contributed by atoms with E-state index in [1.54, 1.807) is 0 Å². The van der Waals surface area contributed by atoms with E-state index in [9.17, 15) is 0 Å². The van der Waals surface area contributed by atoms with Crippen LogP contribution in [0.4, 0.5) is 0 Å². The average Bonchev–Trinajstić information content (AvgIpc) is 3.76. The van der Waals surface area contributed by atoms with Crippen LogP contribution in [0.3, 0.4) is 0 Å². The fourth-order valence-electron chi connectivity index (χ4n) is 10.4.